The number of nitrogens with zero attached hydrogens (tertiary/aromatic N) is 1. The van der Waals surface area contributed by atoms with Crippen molar-refractivity contribution < 1.29 is 0 Å². The predicted molar refractivity (Wildman–Crippen MR) is 91.7 cm³/mol. The molecule has 0 saturated carbocycles. The fraction of sp³-hybridized carbons (Fsp3) is 0.684. The Balaban J connectivity index is 2.13. The third kappa shape index (κ3) is 3.87. The van der Waals surface area contributed by atoms with E-state index in [1.165, 1.54) is 42.5 Å². The number of rotatable bonds is 5. The maximum atomic E-state index is 3.76. The maximum absolute atomic E-state index is 3.76. The lowest BCUT2D eigenvalue weighted by Gasteiger charge is -2.48. The highest BCUT2D eigenvalue weighted by atomic mass is 15.3. The van der Waals surface area contributed by atoms with Gasteiger partial charge in [0, 0.05) is 31.2 Å². The molecule has 1 aliphatic heterocycles. The summed E-state index contributed by atoms with van der Waals surface area (Å²) >= 11 is 0. The van der Waals surface area contributed by atoms with Gasteiger partial charge in [-0.05, 0) is 50.3 Å². The van der Waals surface area contributed by atoms with E-state index < -0.39 is 0 Å². The van der Waals surface area contributed by atoms with Crippen LogP contribution >= 0.6 is 0 Å². The average Bonchev–Trinajstić information content (AvgIpc) is 2.47. The monoisotopic (exact) mass is 288 g/mol. The highest BCUT2D eigenvalue weighted by molar-refractivity contribution is 5.30. The molecular weight excluding hydrogens is 256 g/mol. The summed E-state index contributed by atoms with van der Waals surface area (Å²) in [4.78, 5) is 2.70. The smallest absolute Gasteiger partial charge is 0.0307 e. The van der Waals surface area contributed by atoms with Crippen LogP contribution in [0.2, 0.25) is 0 Å². The standard InChI is InChI=1S/C19H32N2/c1-6-8-18-13-21(19(5,7-2)14-20-18)12-17-10-9-15(3)16(4)11-17/h9-11,18,20H,6-8,12-14H2,1-5H3. The molecule has 0 spiro atoms. The molecule has 1 N–H and O–H groups in total. The van der Waals surface area contributed by atoms with Gasteiger partial charge in [-0.1, -0.05) is 38.5 Å². The van der Waals surface area contributed by atoms with Crippen LogP contribution in [0.15, 0.2) is 18.2 Å². The molecule has 0 radical (unpaired) electrons. The van der Waals surface area contributed by atoms with Crippen LogP contribution in [0.25, 0.3) is 0 Å². The molecule has 1 saturated heterocycles. The summed E-state index contributed by atoms with van der Waals surface area (Å²) < 4.78 is 0. The molecule has 21 heavy (non-hydrogen) atoms. The van der Waals surface area contributed by atoms with Gasteiger partial charge in [-0.2, -0.15) is 0 Å². The minimum absolute atomic E-state index is 0.281. The molecule has 118 valence electrons. The van der Waals surface area contributed by atoms with Gasteiger partial charge in [-0.3, -0.25) is 4.90 Å². The lowest BCUT2D eigenvalue weighted by molar-refractivity contribution is 0.0396. The Morgan fingerprint density at radius 1 is 1.24 bits per heavy atom. The van der Waals surface area contributed by atoms with E-state index in [1.54, 1.807) is 0 Å². The Labute approximate surface area is 130 Å². The van der Waals surface area contributed by atoms with Gasteiger partial charge in [0.2, 0.25) is 0 Å². The average molecular weight is 288 g/mol. The fourth-order valence-electron chi connectivity index (χ4n) is 3.30. The van der Waals surface area contributed by atoms with Gasteiger partial charge >= 0.3 is 0 Å². The Hall–Kier alpha value is -0.860. The summed E-state index contributed by atoms with van der Waals surface area (Å²) in [6, 6.07) is 7.58. The summed E-state index contributed by atoms with van der Waals surface area (Å²) in [7, 11) is 0. The fourth-order valence-corrected chi connectivity index (χ4v) is 3.30. The number of hydrogen-bond acceptors (Lipinski definition) is 2. The minimum Gasteiger partial charge on any atom is -0.311 e. The van der Waals surface area contributed by atoms with E-state index in [0.717, 1.165) is 13.1 Å². The summed E-state index contributed by atoms with van der Waals surface area (Å²) in [6.07, 6.45) is 3.74. The van der Waals surface area contributed by atoms with Crippen molar-refractivity contribution in [1.29, 1.82) is 0 Å². The van der Waals surface area contributed by atoms with Gasteiger partial charge in [0.15, 0.2) is 0 Å². The van der Waals surface area contributed by atoms with Crippen LogP contribution in [-0.4, -0.2) is 29.6 Å². The molecule has 1 aromatic rings. The Morgan fingerprint density at radius 2 is 2.00 bits per heavy atom. The zero-order valence-corrected chi connectivity index (χ0v) is 14.5. The normalized spacial score (nSPS) is 27.0. The highest BCUT2D eigenvalue weighted by Gasteiger charge is 2.35. The van der Waals surface area contributed by atoms with Crippen molar-refractivity contribution in [2.75, 3.05) is 13.1 Å². The predicted octanol–water partition coefficient (Wildman–Crippen LogP) is 4.05. The second-order valence-corrected chi connectivity index (χ2v) is 7.02. The molecule has 2 atom stereocenters. The Kier molecular flexibility index (Phi) is 5.45. The van der Waals surface area contributed by atoms with E-state index in [9.17, 15) is 0 Å². The first-order valence-electron chi connectivity index (χ1n) is 8.53. The van der Waals surface area contributed by atoms with E-state index in [2.05, 4.69) is 63.0 Å². The highest BCUT2D eigenvalue weighted by Crippen LogP contribution is 2.26. The maximum Gasteiger partial charge on any atom is 0.0307 e. The van der Waals surface area contributed by atoms with Crippen molar-refractivity contribution in [3.8, 4) is 0 Å². The molecule has 2 nitrogen and oxygen atoms in total. The molecule has 0 aromatic heterocycles. The van der Waals surface area contributed by atoms with Gasteiger partial charge in [0.05, 0.1) is 0 Å². The Morgan fingerprint density at radius 3 is 2.62 bits per heavy atom. The number of nitrogens with one attached hydrogen (secondary N) is 1. The van der Waals surface area contributed by atoms with Crippen LogP contribution in [-0.2, 0) is 6.54 Å². The van der Waals surface area contributed by atoms with Crippen LogP contribution in [0, 0.1) is 13.8 Å². The van der Waals surface area contributed by atoms with E-state index >= 15 is 0 Å². The van der Waals surface area contributed by atoms with Crippen LogP contribution in [0.1, 0.15) is 56.7 Å². The molecule has 1 aliphatic rings. The second-order valence-electron chi connectivity index (χ2n) is 7.02. The van der Waals surface area contributed by atoms with Crippen molar-refractivity contribution >= 4 is 0 Å². The van der Waals surface area contributed by atoms with Gasteiger partial charge in [0.1, 0.15) is 0 Å². The second kappa shape index (κ2) is 6.93. The molecule has 2 unspecified atom stereocenters. The molecule has 1 heterocycles. The summed E-state index contributed by atoms with van der Waals surface area (Å²) in [5.74, 6) is 0. The summed E-state index contributed by atoms with van der Waals surface area (Å²) in [6.45, 7) is 14.8. The van der Waals surface area contributed by atoms with Crippen molar-refractivity contribution in [1.82, 2.24) is 10.2 Å². The first kappa shape index (κ1) is 16.5. The minimum atomic E-state index is 0.281. The first-order valence-corrected chi connectivity index (χ1v) is 8.53. The summed E-state index contributed by atoms with van der Waals surface area (Å²) in [5, 5.41) is 3.76. The van der Waals surface area contributed by atoms with Gasteiger partial charge in [-0.15, -0.1) is 0 Å². The molecule has 1 aromatic carbocycles. The number of benzene rings is 1. The third-order valence-corrected chi connectivity index (χ3v) is 5.32. The van der Waals surface area contributed by atoms with Crippen molar-refractivity contribution in [2.45, 2.75) is 72.0 Å². The number of aryl methyl sites for hydroxylation is 2. The quantitative estimate of drug-likeness (QED) is 0.879. The molecule has 1 fully saturated rings. The van der Waals surface area contributed by atoms with Gasteiger partial charge < -0.3 is 5.32 Å². The van der Waals surface area contributed by atoms with Crippen molar-refractivity contribution in [3.05, 3.63) is 34.9 Å². The molecule has 2 rings (SSSR count). The van der Waals surface area contributed by atoms with Crippen LogP contribution in [0.4, 0.5) is 0 Å². The van der Waals surface area contributed by atoms with E-state index in [-0.39, 0.29) is 5.54 Å². The lowest BCUT2D eigenvalue weighted by Crippen LogP contribution is -2.62. The molecule has 0 amide bonds. The van der Waals surface area contributed by atoms with Gasteiger partial charge in [-0.25, -0.2) is 0 Å². The number of piperazine rings is 1. The molecular formula is C19H32N2. The van der Waals surface area contributed by atoms with Crippen LogP contribution in [0.5, 0.6) is 0 Å². The largest absolute Gasteiger partial charge is 0.311 e. The zero-order chi connectivity index (χ0) is 15.5. The molecule has 0 bridgehead atoms. The molecule has 2 heteroatoms. The summed E-state index contributed by atoms with van der Waals surface area (Å²) in [5.41, 5.74) is 4.53. The lowest BCUT2D eigenvalue weighted by atomic mass is 9.90. The first-order chi connectivity index (χ1) is 9.98. The topological polar surface area (TPSA) is 15.3 Å². The van der Waals surface area contributed by atoms with E-state index in [1.807, 2.05) is 0 Å². The SMILES string of the molecule is CCCC1CN(Cc2ccc(C)c(C)c2)C(C)(CC)CN1. The zero-order valence-electron chi connectivity index (χ0n) is 14.5. The number of hydrogen-bond donors (Lipinski definition) is 1. The third-order valence-electron chi connectivity index (χ3n) is 5.32. The van der Waals surface area contributed by atoms with Crippen LogP contribution < -0.4 is 5.32 Å². The van der Waals surface area contributed by atoms with Crippen LogP contribution in [0.3, 0.4) is 0 Å². The molecule has 0 aliphatic carbocycles. The Bertz CT molecular complexity index is 469. The van der Waals surface area contributed by atoms with E-state index in [0.29, 0.717) is 6.04 Å². The van der Waals surface area contributed by atoms with Crippen molar-refractivity contribution in [3.63, 3.8) is 0 Å². The van der Waals surface area contributed by atoms with Gasteiger partial charge in [0.25, 0.3) is 0 Å². The van der Waals surface area contributed by atoms with Crippen molar-refractivity contribution in [2.24, 2.45) is 0 Å². The van der Waals surface area contributed by atoms with E-state index in [4.69, 9.17) is 0 Å².